The molecule has 1 N–H and O–H groups in total. The zero-order valence-corrected chi connectivity index (χ0v) is 15.9. The van der Waals surface area contributed by atoms with Crippen LogP contribution in [-0.2, 0) is 4.74 Å². The second-order valence-electron chi connectivity index (χ2n) is 6.93. The zero-order chi connectivity index (χ0) is 19.6. The Kier molecular flexibility index (Phi) is 4.53. The summed E-state index contributed by atoms with van der Waals surface area (Å²) in [5.41, 5.74) is 4.72. The van der Waals surface area contributed by atoms with Crippen LogP contribution in [0, 0.1) is 0 Å². The van der Waals surface area contributed by atoms with Crippen LogP contribution in [0.15, 0.2) is 62.1 Å². The summed E-state index contributed by atoms with van der Waals surface area (Å²) in [6.07, 6.45) is 12.9. The highest BCUT2D eigenvalue weighted by atomic mass is 16.5. The topological polar surface area (TPSA) is 84.8 Å². The summed E-state index contributed by atoms with van der Waals surface area (Å²) in [5, 5.41) is 5.56. The Morgan fingerprint density at radius 3 is 2.93 bits per heavy atom. The lowest BCUT2D eigenvalue weighted by atomic mass is 10.1. The lowest BCUT2D eigenvalue weighted by Crippen LogP contribution is -2.36. The van der Waals surface area contributed by atoms with Gasteiger partial charge in [-0.25, -0.2) is 9.97 Å². The first kappa shape index (κ1) is 17.6. The molecule has 1 unspecified atom stereocenters. The van der Waals surface area contributed by atoms with E-state index < -0.39 is 0 Å². The van der Waals surface area contributed by atoms with Crippen molar-refractivity contribution in [3.63, 3.8) is 0 Å². The highest BCUT2D eigenvalue weighted by Gasteiger charge is 2.17. The molecule has 8 heteroatoms. The number of rotatable bonds is 5. The van der Waals surface area contributed by atoms with Crippen molar-refractivity contribution in [3.8, 4) is 11.3 Å². The molecule has 4 aromatic rings. The molecule has 0 spiro atoms. The number of aromatic amines is 1. The number of H-pyrrole nitrogens is 1. The maximum Gasteiger partial charge on any atom is 0.141 e. The molecule has 0 aliphatic carbocycles. The molecule has 8 nitrogen and oxygen atoms in total. The molecular formula is C21H21N7O. The molecule has 1 aliphatic rings. The fraction of sp³-hybridized carbons (Fsp3) is 0.238. The molecule has 0 radical (unpaired) electrons. The van der Waals surface area contributed by atoms with E-state index in [9.17, 15) is 0 Å². The Labute approximate surface area is 167 Å². The third-order valence-electron chi connectivity index (χ3n) is 5.20. The SMILES string of the molecule is C=CC(c1cncc(N2CCOCC2)c1)n1cc(-c2ncnc3[nH]ccc23)cn1. The summed E-state index contributed by atoms with van der Waals surface area (Å²) in [4.78, 5) is 18.6. The van der Waals surface area contributed by atoms with Crippen LogP contribution in [0.4, 0.5) is 5.69 Å². The van der Waals surface area contributed by atoms with E-state index in [4.69, 9.17) is 4.74 Å². The van der Waals surface area contributed by atoms with Crippen molar-refractivity contribution in [2.75, 3.05) is 31.2 Å². The molecule has 4 aromatic heterocycles. The average molecular weight is 387 g/mol. The summed E-state index contributed by atoms with van der Waals surface area (Å²) in [6, 6.07) is 4.00. The van der Waals surface area contributed by atoms with Crippen LogP contribution in [0.2, 0.25) is 0 Å². The van der Waals surface area contributed by atoms with Gasteiger partial charge in [0.15, 0.2) is 0 Å². The van der Waals surface area contributed by atoms with Crippen molar-refractivity contribution in [2.24, 2.45) is 0 Å². The molecule has 0 aromatic carbocycles. The van der Waals surface area contributed by atoms with E-state index >= 15 is 0 Å². The van der Waals surface area contributed by atoms with E-state index in [0.717, 1.165) is 59.8 Å². The van der Waals surface area contributed by atoms with Gasteiger partial charge in [0.05, 0.1) is 43.0 Å². The van der Waals surface area contributed by atoms with Gasteiger partial charge in [-0.05, 0) is 12.1 Å². The molecule has 0 amide bonds. The van der Waals surface area contributed by atoms with Gasteiger partial charge in [-0.2, -0.15) is 5.10 Å². The number of allylic oxidation sites excluding steroid dienone is 1. The van der Waals surface area contributed by atoms with Gasteiger partial charge in [-0.15, -0.1) is 6.58 Å². The number of nitrogens with zero attached hydrogens (tertiary/aromatic N) is 6. The number of pyridine rings is 1. The summed E-state index contributed by atoms with van der Waals surface area (Å²) < 4.78 is 7.35. The van der Waals surface area contributed by atoms with Crippen LogP contribution in [0.5, 0.6) is 0 Å². The number of hydrogen-bond donors (Lipinski definition) is 1. The van der Waals surface area contributed by atoms with Crippen LogP contribution in [-0.4, -0.2) is 56.0 Å². The Morgan fingerprint density at radius 1 is 1.17 bits per heavy atom. The quantitative estimate of drug-likeness (QED) is 0.530. The first-order chi connectivity index (χ1) is 14.3. The number of morpholine rings is 1. The molecule has 1 saturated heterocycles. The van der Waals surface area contributed by atoms with Gasteiger partial charge in [0.1, 0.15) is 12.0 Å². The summed E-state index contributed by atoms with van der Waals surface area (Å²) in [7, 11) is 0. The van der Waals surface area contributed by atoms with Crippen molar-refractivity contribution >= 4 is 16.7 Å². The van der Waals surface area contributed by atoms with Gasteiger partial charge < -0.3 is 14.6 Å². The normalized spacial score (nSPS) is 15.5. The molecule has 29 heavy (non-hydrogen) atoms. The Morgan fingerprint density at radius 2 is 2.07 bits per heavy atom. The number of nitrogens with one attached hydrogen (secondary N) is 1. The van der Waals surface area contributed by atoms with Crippen LogP contribution >= 0.6 is 0 Å². The molecule has 1 fully saturated rings. The van der Waals surface area contributed by atoms with E-state index in [2.05, 4.69) is 42.6 Å². The van der Waals surface area contributed by atoms with E-state index in [0.29, 0.717) is 0 Å². The van der Waals surface area contributed by atoms with Crippen LogP contribution in [0.25, 0.3) is 22.3 Å². The van der Waals surface area contributed by atoms with E-state index in [1.165, 1.54) is 0 Å². The Bertz CT molecular complexity index is 1140. The summed E-state index contributed by atoms with van der Waals surface area (Å²) in [5.74, 6) is 0. The minimum atomic E-state index is -0.124. The number of anilines is 1. The monoisotopic (exact) mass is 387 g/mol. The first-order valence-corrected chi connectivity index (χ1v) is 9.56. The molecule has 5 heterocycles. The van der Waals surface area contributed by atoms with E-state index in [1.54, 1.807) is 6.33 Å². The lowest BCUT2D eigenvalue weighted by Gasteiger charge is -2.29. The molecule has 1 atom stereocenters. The third kappa shape index (κ3) is 3.27. The van der Waals surface area contributed by atoms with Gasteiger partial charge in [0, 0.05) is 48.2 Å². The Hall–Kier alpha value is -3.52. The zero-order valence-electron chi connectivity index (χ0n) is 15.9. The van der Waals surface area contributed by atoms with Crippen molar-refractivity contribution < 1.29 is 4.74 Å². The number of hydrogen-bond acceptors (Lipinski definition) is 6. The minimum absolute atomic E-state index is 0.124. The Balaban J connectivity index is 1.47. The maximum absolute atomic E-state index is 5.45. The van der Waals surface area contributed by atoms with Gasteiger partial charge in [0.25, 0.3) is 0 Å². The third-order valence-corrected chi connectivity index (χ3v) is 5.20. The average Bonchev–Trinajstić information content (AvgIpc) is 3.45. The number of ether oxygens (including phenoxy) is 1. The highest BCUT2D eigenvalue weighted by molar-refractivity contribution is 5.89. The van der Waals surface area contributed by atoms with Gasteiger partial charge >= 0.3 is 0 Å². The van der Waals surface area contributed by atoms with Gasteiger partial charge in [-0.1, -0.05) is 6.08 Å². The summed E-state index contributed by atoms with van der Waals surface area (Å²) >= 11 is 0. The van der Waals surface area contributed by atoms with Gasteiger partial charge in [0.2, 0.25) is 0 Å². The van der Waals surface area contributed by atoms with Crippen LogP contribution in [0.3, 0.4) is 0 Å². The second kappa shape index (κ2) is 7.48. The first-order valence-electron chi connectivity index (χ1n) is 9.56. The van der Waals surface area contributed by atoms with Crippen molar-refractivity contribution in [3.05, 3.63) is 67.7 Å². The van der Waals surface area contributed by atoms with Crippen LogP contribution < -0.4 is 4.90 Å². The highest BCUT2D eigenvalue weighted by Crippen LogP contribution is 2.28. The molecule has 1 aliphatic heterocycles. The molecule has 0 bridgehead atoms. The minimum Gasteiger partial charge on any atom is -0.378 e. The largest absolute Gasteiger partial charge is 0.378 e. The number of fused-ring (bicyclic) bond motifs is 1. The maximum atomic E-state index is 5.45. The van der Waals surface area contributed by atoms with Gasteiger partial charge in [-0.3, -0.25) is 9.67 Å². The fourth-order valence-corrected chi connectivity index (χ4v) is 3.71. The second-order valence-corrected chi connectivity index (χ2v) is 6.93. The standard InChI is InChI=1S/C21H21N7O/c1-2-19(15-9-17(12-22-10-15)27-5-7-29-8-6-27)28-13-16(11-26-28)20-18-3-4-23-21(18)25-14-24-20/h2-4,9-14,19H,1,5-8H2,(H,23,24,25). The lowest BCUT2D eigenvalue weighted by molar-refractivity contribution is 0.122. The predicted molar refractivity (Wildman–Crippen MR) is 111 cm³/mol. The van der Waals surface area contributed by atoms with E-state index in [-0.39, 0.29) is 6.04 Å². The summed E-state index contributed by atoms with van der Waals surface area (Å²) in [6.45, 7) is 7.25. The molecular weight excluding hydrogens is 366 g/mol. The van der Waals surface area contributed by atoms with Crippen LogP contribution in [0.1, 0.15) is 11.6 Å². The fourth-order valence-electron chi connectivity index (χ4n) is 3.71. The van der Waals surface area contributed by atoms with E-state index in [1.807, 2.05) is 47.8 Å². The molecule has 146 valence electrons. The van der Waals surface area contributed by atoms with Crippen molar-refractivity contribution in [2.45, 2.75) is 6.04 Å². The molecule has 5 rings (SSSR count). The van der Waals surface area contributed by atoms with Crippen molar-refractivity contribution in [1.29, 1.82) is 0 Å². The molecule has 0 saturated carbocycles. The predicted octanol–water partition coefficient (Wildman–Crippen LogP) is 2.83. The van der Waals surface area contributed by atoms with Crippen molar-refractivity contribution in [1.82, 2.24) is 29.7 Å². The number of aromatic nitrogens is 6. The smallest absolute Gasteiger partial charge is 0.141 e.